The van der Waals surface area contributed by atoms with Gasteiger partial charge in [0.25, 0.3) is 0 Å². The maximum Gasteiger partial charge on any atom is 0.168 e. The molecule has 1 heterocycles. The Morgan fingerprint density at radius 2 is 2.00 bits per heavy atom. The predicted molar refractivity (Wildman–Crippen MR) is 73.6 cm³/mol. The third-order valence-corrected chi connectivity index (χ3v) is 4.09. The fraction of sp³-hybridized carbons (Fsp3) is 0.154. The van der Waals surface area contributed by atoms with E-state index >= 15 is 0 Å². The summed E-state index contributed by atoms with van der Waals surface area (Å²) in [5.74, 6) is 0.113. The summed E-state index contributed by atoms with van der Waals surface area (Å²) in [5.41, 5.74) is 1.68. The molecule has 1 nitrogen and oxygen atoms in total. The molecule has 17 heavy (non-hydrogen) atoms. The zero-order valence-corrected chi connectivity index (χ0v) is 11.5. The van der Waals surface area contributed by atoms with Crippen LogP contribution in [-0.2, 0) is 6.42 Å². The van der Waals surface area contributed by atoms with E-state index in [1.165, 1.54) is 0 Å². The third-order valence-electron chi connectivity index (χ3n) is 2.51. The molecule has 88 valence electrons. The van der Waals surface area contributed by atoms with E-state index in [0.29, 0.717) is 16.5 Å². The largest absolute Gasteiger partial charge is 0.294 e. The summed E-state index contributed by atoms with van der Waals surface area (Å²) in [7, 11) is 0. The van der Waals surface area contributed by atoms with Gasteiger partial charge in [-0.15, -0.1) is 11.3 Å². The van der Waals surface area contributed by atoms with E-state index in [0.717, 1.165) is 16.0 Å². The van der Waals surface area contributed by atoms with Crippen molar-refractivity contribution in [3.8, 4) is 0 Å². The lowest BCUT2D eigenvalue weighted by atomic mass is 10.0. The highest BCUT2D eigenvalue weighted by Crippen LogP contribution is 2.24. The van der Waals surface area contributed by atoms with Crippen LogP contribution in [0.15, 0.2) is 29.6 Å². The Morgan fingerprint density at radius 3 is 2.59 bits per heavy atom. The van der Waals surface area contributed by atoms with Gasteiger partial charge in [-0.1, -0.05) is 29.3 Å². The van der Waals surface area contributed by atoms with Crippen LogP contribution in [0.1, 0.15) is 20.8 Å². The first kappa shape index (κ1) is 12.6. The van der Waals surface area contributed by atoms with Crippen LogP contribution in [0.5, 0.6) is 0 Å². The number of aryl methyl sites for hydroxylation is 1. The van der Waals surface area contributed by atoms with E-state index in [2.05, 4.69) is 0 Å². The van der Waals surface area contributed by atoms with Gasteiger partial charge in [-0.05, 0) is 36.1 Å². The number of ketones is 1. The Kier molecular flexibility index (Phi) is 3.87. The van der Waals surface area contributed by atoms with Gasteiger partial charge in [-0.2, -0.15) is 0 Å². The molecule has 0 N–H and O–H groups in total. The second-order valence-electron chi connectivity index (χ2n) is 3.74. The van der Waals surface area contributed by atoms with Crippen molar-refractivity contribution in [3.63, 3.8) is 0 Å². The van der Waals surface area contributed by atoms with E-state index in [9.17, 15) is 4.79 Å². The lowest BCUT2D eigenvalue weighted by Gasteiger charge is -2.02. The molecule has 0 bridgehead atoms. The Hall–Kier alpha value is -0.830. The second kappa shape index (κ2) is 5.21. The molecule has 1 aromatic heterocycles. The zero-order valence-electron chi connectivity index (χ0n) is 9.17. The maximum absolute atomic E-state index is 12.0. The minimum Gasteiger partial charge on any atom is -0.294 e. The minimum atomic E-state index is 0.113. The summed E-state index contributed by atoms with van der Waals surface area (Å²) >= 11 is 13.3. The number of carbonyl (C=O) groups excluding carboxylic acids is 1. The van der Waals surface area contributed by atoms with Gasteiger partial charge in [0.1, 0.15) is 0 Å². The molecule has 0 aliphatic carbocycles. The van der Waals surface area contributed by atoms with Crippen molar-refractivity contribution in [1.82, 2.24) is 0 Å². The molecular formula is C13H10Cl2OS. The fourth-order valence-corrected chi connectivity index (χ4v) is 2.64. The van der Waals surface area contributed by atoms with Crippen molar-refractivity contribution in [2.45, 2.75) is 13.3 Å². The molecule has 0 saturated heterocycles. The summed E-state index contributed by atoms with van der Waals surface area (Å²) < 4.78 is 0. The van der Waals surface area contributed by atoms with E-state index in [4.69, 9.17) is 23.2 Å². The van der Waals surface area contributed by atoms with Gasteiger partial charge in [-0.25, -0.2) is 0 Å². The first-order valence-corrected chi connectivity index (χ1v) is 6.72. The molecule has 1 aromatic carbocycles. The first-order chi connectivity index (χ1) is 8.08. The number of carbonyl (C=O) groups is 1. The number of rotatable bonds is 3. The number of halogens is 2. The summed E-state index contributed by atoms with van der Waals surface area (Å²) in [6.07, 6.45) is 0.356. The molecule has 0 fully saturated rings. The highest BCUT2D eigenvalue weighted by Gasteiger charge is 2.11. The number of hydrogen-bond acceptors (Lipinski definition) is 2. The van der Waals surface area contributed by atoms with E-state index in [1.54, 1.807) is 23.5 Å². The summed E-state index contributed by atoms with van der Waals surface area (Å²) in [6.45, 7) is 1.95. The van der Waals surface area contributed by atoms with Gasteiger partial charge in [-0.3, -0.25) is 4.79 Å². The topological polar surface area (TPSA) is 17.1 Å². The molecule has 0 radical (unpaired) electrons. The maximum atomic E-state index is 12.0. The fourth-order valence-electron chi connectivity index (χ4n) is 1.60. The predicted octanol–water partition coefficient (Wildman–Crippen LogP) is 4.79. The van der Waals surface area contributed by atoms with Crippen molar-refractivity contribution in [1.29, 1.82) is 0 Å². The van der Waals surface area contributed by atoms with E-state index in [-0.39, 0.29) is 5.78 Å². The van der Waals surface area contributed by atoms with Crippen molar-refractivity contribution in [2.75, 3.05) is 0 Å². The normalized spacial score (nSPS) is 10.5. The zero-order chi connectivity index (χ0) is 12.4. The van der Waals surface area contributed by atoms with Crippen LogP contribution in [0.3, 0.4) is 0 Å². The van der Waals surface area contributed by atoms with Crippen molar-refractivity contribution in [3.05, 3.63) is 55.7 Å². The first-order valence-electron chi connectivity index (χ1n) is 5.09. The molecule has 2 rings (SSSR count). The molecule has 0 spiro atoms. The molecular weight excluding hydrogens is 275 g/mol. The lowest BCUT2D eigenvalue weighted by Crippen LogP contribution is -2.03. The van der Waals surface area contributed by atoms with Crippen LogP contribution in [0, 0.1) is 6.92 Å². The van der Waals surface area contributed by atoms with Crippen LogP contribution in [0.2, 0.25) is 10.0 Å². The van der Waals surface area contributed by atoms with Crippen LogP contribution in [0.25, 0.3) is 0 Å². The Labute approximate surface area is 114 Å². The molecule has 0 saturated carbocycles. The third kappa shape index (κ3) is 2.89. The monoisotopic (exact) mass is 284 g/mol. The Balaban J connectivity index is 2.19. The summed E-state index contributed by atoms with van der Waals surface area (Å²) in [6, 6.07) is 7.14. The molecule has 0 amide bonds. The molecule has 4 heteroatoms. The highest BCUT2D eigenvalue weighted by atomic mass is 35.5. The van der Waals surface area contributed by atoms with Gasteiger partial charge < -0.3 is 0 Å². The molecule has 2 aromatic rings. The number of Topliss-reactive ketones (excluding diaryl/α,β-unsaturated/α-hetero) is 1. The smallest absolute Gasteiger partial charge is 0.168 e. The van der Waals surface area contributed by atoms with Crippen molar-refractivity contribution < 1.29 is 4.79 Å². The van der Waals surface area contributed by atoms with Crippen LogP contribution in [-0.4, -0.2) is 5.78 Å². The highest BCUT2D eigenvalue weighted by molar-refractivity contribution is 7.10. The average Bonchev–Trinajstić information content (AvgIpc) is 2.70. The van der Waals surface area contributed by atoms with Gasteiger partial charge in [0.15, 0.2) is 5.78 Å². The molecule has 0 atom stereocenters. The summed E-state index contributed by atoms with van der Waals surface area (Å²) in [5, 5.41) is 2.92. The van der Waals surface area contributed by atoms with Crippen molar-refractivity contribution >= 4 is 40.3 Å². The van der Waals surface area contributed by atoms with Gasteiger partial charge in [0, 0.05) is 16.9 Å². The standard InChI is InChI=1S/C13H10Cl2OS/c1-8-10(4-5-17-8)13(16)7-9-2-3-11(14)12(15)6-9/h2-6H,7H2,1H3. The average molecular weight is 285 g/mol. The summed E-state index contributed by atoms with van der Waals surface area (Å²) in [4.78, 5) is 13.1. The van der Waals surface area contributed by atoms with Gasteiger partial charge in [0.05, 0.1) is 10.0 Å². The quantitative estimate of drug-likeness (QED) is 0.741. The SMILES string of the molecule is Cc1sccc1C(=O)Cc1ccc(Cl)c(Cl)c1. The number of benzene rings is 1. The van der Waals surface area contributed by atoms with Crippen LogP contribution < -0.4 is 0 Å². The number of hydrogen-bond donors (Lipinski definition) is 0. The van der Waals surface area contributed by atoms with Crippen LogP contribution in [0.4, 0.5) is 0 Å². The Morgan fingerprint density at radius 1 is 1.24 bits per heavy atom. The van der Waals surface area contributed by atoms with Gasteiger partial charge in [0.2, 0.25) is 0 Å². The number of thiophene rings is 1. The van der Waals surface area contributed by atoms with Gasteiger partial charge >= 0.3 is 0 Å². The van der Waals surface area contributed by atoms with Crippen molar-refractivity contribution in [2.24, 2.45) is 0 Å². The minimum absolute atomic E-state index is 0.113. The molecule has 0 unspecified atom stereocenters. The second-order valence-corrected chi connectivity index (χ2v) is 5.67. The lowest BCUT2D eigenvalue weighted by molar-refractivity contribution is 0.0993. The van der Waals surface area contributed by atoms with E-state index in [1.807, 2.05) is 24.4 Å². The molecule has 0 aliphatic heterocycles. The van der Waals surface area contributed by atoms with E-state index < -0.39 is 0 Å². The Bertz CT molecular complexity index is 560. The molecule has 0 aliphatic rings. The van der Waals surface area contributed by atoms with Crippen LogP contribution >= 0.6 is 34.5 Å².